The third-order valence-electron chi connectivity index (χ3n) is 3.48. The summed E-state index contributed by atoms with van der Waals surface area (Å²) in [5.74, 6) is 0.526. The summed E-state index contributed by atoms with van der Waals surface area (Å²) in [7, 11) is 0. The fraction of sp³-hybridized carbons (Fsp3) is 0.700. The molecular weight excluding hydrogens is 226 g/mol. The van der Waals surface area contributed by atoms with E-state index < -0.39 is 24.5 Å². The van der Waals surface area contributed by atoms with Crippen LogP contribution in [-0.2, 0) is 4.74 Å². The molecule has 1 fully saturated rings. The van der Waals surface area contributed by atoms with Crippen molar-refractivity contribution in [2.75, 3.05) is 6.61 Å². The molecule has 0 aliphatic carbocycles. The van der Waals surface area contributed by atoms with Crippen molar-refractivity contribution in [2.24, 2.45) is 10.7 Å². The molecule has 94 valence electrons. The fourth-order valence-electron chi connectivity index (χ4n) is 2.52. The van der Waals surface area contributed by atoms with E-state index in [1.54, 1.807) is 11.1 Å². The number of amidine groups is 1. The molecule has 0 radical (unpaired) electrons. The molecule has 0 saturated carbocycles. The van der Waals surface area contributed by atoms with Gasteiger partial charge in [-0.1, -0.05) is 0 Å². The number of fused-ring (bicyclic) bond motifs is 2. The van der Waals surface area contributed by atoms with Crippen molar-refractivity contribution in [2.45, 2.75) is 37.1 Å². The monoisotopic (exact) mass is 241 g/mol. The predicted octanol–water partition coefficient (Wildman–Crippen LogP) is -2.29. The highest BCUT2D eigenvalue weighted by Crippen LogP contribution is 2.35. The number of nitrogens with two attached hydrogens (primary N) is 1. The molecule has 0 spiro atoms. The van der Waals surface area contributed by atoms with Gasteiger partial charge in [-0.15, -0.1) is 0 Å². The molecule has 0 amide bonds. The maximum atomic E-state index is 9.88. The van der Waals surface area contributed by atoms with Crippen LogP contribution in [-0.4, -0.2) is 63.4 Å². The highest BCUT2D eigenvalue weighted by atomic mass is 16.6. The van der Waals surface area contributed by atoms with E-state index in [9.17, 15) is 10.2 Å². The molecule has 3 aliphatic rings. The summed E-state index contributed by atoms with van der Waals surface area (Å²) in [6.07, 6.45) is -1.22. The number of hydrogen-bond donors (Lipinski definition) is 4. The zero-order chi connectivity index (χ0) is 12.2. The molecule has 0 aromatic carbocycles. The SMILES string of the molecule is NC1=NC2CC1=CN2C1O[C@H](CO)[C@@H](O)[C@H]1O. The number of rotatable bonds is 2. The standard InChI is InChI=1S/C10H15N3O4/c11-9-4-1-6(12-9)13(2-4)10-8(16)7(15)5(3-14)17-10/h2,5-8,10,14-16H,1,3H2,(H2,11,12)/t5-,6?,7-,8-,10?/m1/s1. The van der Waals surface area contributed by atoms with E-state index in [-0.39, 0.29) is 12.8 Å². The minimum absolute atomic E-state index is 0.158. The summed E-state index contributed by atoms with van der Waals surface area (Å²) >= 11 is 0. The minimum atomic E-state index is -1.08. The van der Waals surface area contributed by atoms with Gasteiger partial charge >= 0.3 is 0 Å². The van der Waals surface area contributed by atoms with Gasteiger partial charge in [0, 0.05) is 18.2 Å². The highest BCUT2D eigenvalue weighted by molar-refractivity contribution is 5.99. The Bertz CT molecular complexity index is 397. The van der Waals surface area contributed by atoms with Crippen LogP contribution in [0.3, 0.4) is 0 Å². The lowest BCUT2D eigenvalue weighted by Gasteiger charge is -2.30. The number of nitrogens with zero attached hydrogens (tertiary/aromatic N) is 2. The van der Waals surface area contributed by atoms with Crippen LogP contribution in [0.1, 0.15) is 6.42 Å². The maximum Gasteiger partial charge on any atom is 0.160 e. The van der Waals surface area contributed by atoms with Crippen molar-refractivity contribution < 1.29 is 20.1 Å². The molecule has 3 rings (SSSR count). The topological polar surface area (TPSA) is 112 Å². The van der Waals surface area contributed by atoms with Crippen molar-refractivity contribution in [3.05, 3.63) is 11.8 Å². The molecule has 2 unspecified atom stereocenters. The second-order valence-electron chi connectivity index (χ2n) is 4.53. The van der Waals surface area contributed by atoms with Gasteiger partial charge in [-0.25, -0.2) is 4.99 Å². The zero-order valence-electron chi connectivity index (χ0n) is 9.10. The smallest absolute Gasteiger partial charge is 0.160 e. The average molecular weight is 241 g/mol. The first-order valence-electron chi connectivity index (χ1n) is 5.56. The van der Waals surface area contributed by atoms with Crippen LogP contribution in [0.2, 0.25) is 0 Å². The number of aliphatic hydroxyl groups excluding tert-OH is 3. The lowest BCUT2D eigenvalue weighted by Crippen LogP contribution is -2.44. The quantitative estimate of drug-likeness (QED) is 0.433. The molecule has 7 nitrogen and oxygen atoms in total. The van der Waals surface area contributed by atoms with E-state index >= 15 is 0 Å². The Hall–Kier alpha value is -1.15. The van der Waals surface area contributed by atoms with Gasteiger partial charge in [-0.2, -0.15) is 0 Å². The summed E-state index contributed by atoms with van der Waals surface area (Å²) in [6, 6.07) is 0. The molecule has 3 aliphatic heterocycles. The third kappa shape index (κ3) is 1.47. The normalized spacial score (nSPS) is 44.2. The van der Waals surface area contributed by atoms with Crippen LogP contribution in [0.15, 0.2) is 16.8 Å². The van der Waals surface area contributed by atoms with Crippen LogP contribution >= 0.6 is 0 Å². The summed E-state index contributed by atoms with van der Waals surface area (Å²) in [5, 5.41) is 28.6. The molecular formula is C10H15N3O4. The van der Waals surface area contributed by atoms with Gasteiger partial charge in [0.25, 0.3) is 0 Å². The molecule has 0 aromatic rings. The summed E-state index contributed by atoms with van der Waals surface area (Å²) < 4.78 is 5.43. The minimum Gasteiger partial charge on any atom is -0.394 e. The predicted molar refractivity (Wildman–Crippen MR) is 57.7 cm³/mol. The van der Waals surface area contributed by atoms with Gasteiger partial charge in [0.2, 0.25) is 0 Å². The molecule has 5 atom stereocenters. The van der Waals surface area contributed by atoms with Crippen molar-refractivity contribution in [3.63, 3.8) is 0 Å². The van der Waals surface area contributed by atoms with E-state index in [0.29, 0.717) is 12.3 Å². The second kappa shape index (κ2) is 3.67. The van der Waals surface area contributed by atoms with Crippen molar-refractivity contribution in [1.82, 2.24) is 4.90 Å². The highest BCUT2D eigenvalue weighted by Gasteiger charge is 2.48. The van der Waals surface area contributed by atoms with Crippen molar-refractivity contribution >= 4 is 5.84 Å². The van der Waals surface area contributed by atoms with Crippen LogP contribution < -0.4 is 5.73 Å². The van der Waals surface area contributed by atoms with Crippen molar-refractivity contribution in [3.8, 4) is 0 Å². The Kier molecular flexibility index (Phi) is 2.37. The molecule has 0 aromatic heterocycles. The first kappa shape index (κ1) is 11.0. The van der Waals surface area contributed by atoms with E-state index in [2.05, 4.69) is 4.99 Å². The zero-order valence-corrected chi connectivity index (χ0v) is 9.10. The van der Waals surface area contributed by atoms with E-state index in [4.69, 9.17) is 15.6 Å². The summed E-state index contributed by atoms with van der Waals surface area (Å²) in [4.78, 5) is 5.96. The van der Waals surface area contributed by atoms with Gasteiger partial charge in [0.15, 0.2) is 6.23 Å². The summed E-state index contributed by atoms with van der Waals surface area (Å²) in [6.45, 7) is -0.324. The first-order valence-corrected chi connectivity index (χ1v) is 5.56. The lowest BCUT2D eigenvalue weighted by molar-refractivity contribution is -0.0880. The number of hydrogen-bond acceptors (Lipinski definition) is 7. The molecule has 7 heteroatoms. The van der Waals surface area contributed by atoms with Crippen LogP contribution in [0.4, 0.5) is 0 Å². The van der Waals surface area contributed by atoms with Gasteiger partial charge in [-0.05, 0) is 0 Å². The summed E-state index contributed by atoms with van der Waals surface area (Å²) in [5.41, 5.74) is 6.58. The molecule has 3 heterocycles. The second-order valence-corrected chi connectivity index (χ2v) is 4.53. The van der Waals surface area contributed by atoms with Gasteiger partial charge in [0.05, 0.1) is 6.61 Å². The Morgan fingerprint density at radius 1 is 1.47 bits per heavy atom. The average Bonchev–Trinajstić information content (AvgIpc) is 2.94. The van der Waals surface area contributed by atoms with E-state index in [1.165, 1.54) is 0 Å². The number of ether oxygens (including phenoxy) is 1. The van der Waals surface area contributed by atoms with E-state index in [0.717, 1.165) is 5.57 Å². The maximum absolute atomic E-state index is 9.88. The Morgan fingerprint density at radius 3 is 2.71 bits per heavy atom. The lowest BCUT2D eigenvalue weighted by atomic mass is 10.1. The van der Waals surface area contributed by atoms with Crippen LogP contribution in [0.25, 0.3) is 0 Å². The Balaban J connectivity index is 1.78. The largest absolute Gasteiger partial charge is 0.394 e. The third-order valence-corrected chi connectivity index (χ3v) is 3.48. The van der Waals surface area contributed by atoms with Crippen LogP contribution in [0, 0.1) is 0 Å². The molecule has 1 saturated heterocycles. The Morgan fingerprint density at radius 2 is 2.24 bits per heavy atom. The number of aliphatic hydroxyl groups is 3. The van der Waals surface area contributed by atoms with Gasteiger partial charge < -0.3 is 30.7 Å². The van der Waals surface area contributed by atoms with Gasteiger partial charge in [-0.3, -0.25) is 0 Å². The molecule has 5 N–H and O–H groups in total. The molecule has 17 heavy (non-hydrogen) atoms. The first-order chi connectivity index (χ1) is 8.11. The van der Waals surface area contributed by atoms with Crippen molar-refractivity contribution in [1.29, 1.82) is 0 Å². The molecule has 2 bridgehead atoms. The Labute approximate surface area is 97.8 Å². The van der Waals surface area contributed by atoms with Gasteiger partial charge in [0.1, 0.15) is 30.3 Å². The van der Waals surface area contributed by atoms with E-state index in [1.807, 2.05) is 0 Å². The van der Waals surface area contributed by atoms with Crippen LogP contribution in [0.5, 0.6) is 0 Å². The fourth-order valence-corrected chi connectivity index (χ4v) is 2.52. The number of aliphatic imine (C=N–C) groups is 1.